The molecule has 18 heavy (non-hydrogen) atoms. The highest BCUT2D eigenvalue weighted by molar-refractivity contribution is 5.99. The molecule has 0 saturated carbocycles. The number of aliphatic imine (C=N–C) groups is 1. The molecule has 0 aromatic heterocycles. The molecule has 0 radical (unpaired) electrons. The Kier molecular flexibility index (Phi) is 2.45. The van der Waals surface area contributed by atoms with Gasteiger partial charge in [-0.2, -0.15) is 0 Å². The van der Waals surface area contributed by atoms with Crippen molar-refractivity contribution in [3.05, 3.63) is 59.2 Å². The Morgan fingerprint density at radius 3 is 2.72 bits per heavy atom. The van der Waals surface area contributed by atoms with E-state index in [2.05, 4.69) is 17.8 Å². The molecule has 1 heterocycles. The molecule has 1 aliphatic heterocycles. The van der Waals surface area contributed by atoms with E-state index in [9.17, 15) is 0 Å². The summed E-state index contributed by atoms with van der Waals surface area (Å²) in [6.45, 7) is 3.38. The molecule has 0 fully saturated rings. The highest BCUT2D eigenvalue weighted by Crippen LogP contribution is 2.36. The topological polar surface area (TPSA) is 45.4 Å². The lowest BCUT2D eigenvalue weighted by molar-refractivity contribution is 0.460. The van der Waals surface area contributed by atoms with Crippen LogP contribution in [0.2, 0.25) is 0 Å². The third-order valence-corrected chi connectivity index (χ3v) is 3.07. The van der Waals surface area contributed by atoms with Gasteiger partial charge in [-0.3, -0.25) is 5.41 Å². The number of amidine groups is 1. The summed E-state index contributed by atoms with van der Waals surface area (Å²) < 4.78 is 5.83. The minimum Gasteiger partial charge on any atom is -0.457 e. The van der Waals surface area contributed by atoms with Gasteiger partial charge in [0.1, 0.15) is 11.5 Å². The maximum absolute atomic E-state index is 7.67. The maximum Gasteiger partial charge on any atom is 0.151 e. The van der Waals surface area contributed by atoms with Gasteiger partial charge in [0.05, 0.1) is 0 Å². The molecule has 3 heteroatoms. The SMILES string of the molecule is C=NC(=N)c1ccc2c(c1)Cc1ccccc1O2. The minimum atomic E-state index is 0.191. The number of fused-ring (bicyclic) bond motifs is 2. The average molecular weight is 236 g/mol. The molecule has 0 spiro atoms. The molecule has 0 bridgehead atoms. The molecule has 88 valence electrons. The molecular weight excluding hydrogens is 224 g/mol. The zero-order valence-electron chi connectivity index (χ0n) is 9.81. The fourth-order valence-electron chi connectivity index (χ4n) is 2.13. The lowest BCUT2D eigenvalue weighted by Crippen LogP contribution is -2.04. The van der Waals surface area contributed by atoms with Crippen molar-refractivity contribution in [2.24, 2.45) is 4.99 Å². The van der Waals surface area contributed by atoms with Gasteiger partial charge < -0.3 is 4.74 Å². The van der Waals surface area contributed by atoms with Crippen molar-refractivity contribution in [2.75, 3.05) is 0 Å². The highest BCUT2D eigenvalue weighted by Gasteiger charge is 2.17. The lowest BCUT2D eigenvalue weighted by atomic mass is 9.98. The third kappa shape index (κ3) is 1.70. The van der Waals surface area contributed by atoms with Crippen molar-refractivity contribution in [1.82, 2.24) is 0 Å². The van der Waals surface area contributed by atoms with E-state index in [0.29, 0.717) is 0 Å². The van der Waals surface area contributed by atoms with Gasteiger partial charge in [-0.1, -0.05) is 18.2 Å². The van der Waals surface area contributed by atoms with Gasteiger partial charge in [-0.25, -0.2) is 4.99 Å². The van der Waals surface area contributed by atoms with Crippen LogP contribution in [0.5, 0.6) is 11.5 Å². The number of ether oxygens (including phenoxy) is 1. The van der Waals surface area contributed by atoms with Crippen LogP contribution in [-0.2, 0) is 6.42 Å². The Bertz CT molecular complexity index is 647. The van der Waals surface area contributed by atoms with Crippen LogP contribution in [0.3, 0.4) is 0 Å². The van der Waals surface area contributed by atoms with Crippen LogP contribution in [0.15, 0.2) is 47.5 Å². The molecule has 0 saturated heterocycles. The number of nitrogens with zero attached hydrogens (tertiary/aromatic N) is 1. The second-order valence-electron chi connectivity index (χ2n) is 4.22. The number of rotatable bonds is 1. The third-order valence-electron chi connectivity index (χ3n) is 3.07. The van der Waals surface area contributed by atoms with Crippen molar-refractivity contribution in [1.29, 1.82) is 5.41 Å². The average Bonchev–Trinajstić information content (AvgIpc) is 2.43. The minimum absolute atomic E-state index is 0.191. The van der Waals surface area contributed by atoms with E-state index in [1.165, 1.54) is 5.56 Å². The Morgan fingerprint density at radius 2 is 1.89 bits per heavy atom. The molecule has 1 N–H and O–H groups in total. The number of hydrogen-bond acceptors (Lipinski definition) is 2. The first-order valence-electron chi connectivity index (χ1n) is 5.72. The lowest BCUT2D eigenvalue weighted by Gasteiger charge is -2.20. The first kappa shape index (κ1) is 10.7. The smallest absolute Gasteiger partial charge is 0.151 e. The van der Waals surface area contributed by atoms with E-state index >= 15 is 0 Å². The molecule has 2 aromatic rings. The van der Waals surface area contributed by atoms with Crippen LogP contribution in [0, 0.1) is 5.41 Å². The van der Waals surface area contributed by atoms with E-state index < -0.39 is 0 Å². The van der Waals surface area contributed by atoms with Gasteiger partial charge in [-0.05, 0) is 36.5 Å². The number of hydrogen-bond donors (Lipinski definition) is 1. The Balaban J connectivity index is 2.03. The Labute approximate surface area is 105 Å². The molecule has 0 amide bonds. The second-order valence-corrected chi connectivity index (χ2v) is 4.22. The first-order chi connectivity index (χ1) is 8.78. The highest BCUT2D eigenvalue weighted by atomic mass is 16.5. The summed E-state index contributed by atoms with van der Waals surface area (Å²) in [5, 5.41) is 7.67. The van der Waals surface area contributed by atoms with Gasteiger partial charge in [0.2, 0.25) is 0 Å². The zero-order valence-corrected chi connectivity index (χ0v) is 9.81. The molecule has 3 nitrogen and oxygen atoms in total. The second kappa shape index (κ2) is 4.11. The Hall–Kier alpha value is -2.42. The van der Waals surface area contributed by atoms with E-state index in [1.807, 2.05) is 36.4 Å². The van der Waals surface area contributed by atoms with Crippen LogP contribution in [0.1, 0.15) is 16.7 Å². The van der Waals surface area contributed by atoms with E-state index in [0.717, 1.165) is 29.0 Å². The van der Waals surface area contributed by atoms with Gasteiger partial charge in [0.15, 0.2) is 5.84 Å². The van der Waals surface area contributed by atoms with Crippen molar-refractivity contribution in [3.8, 4) is 11.5 Å². The first-order valence-corrected chi connectivity index (χ1v) is 5.72. The Morgan fingerprint density at radius 1 is 1.11 bits per heavy atom. The summed E-state index contributed by atoms with van der Waals surface area (Å²) in [7, 11) is 0. The van der Waals surface area contributed by atoms with Crippen LogP contribution in [-0.4, -0.2) is 12.6 Å². The number of nitrogens with one attached hydrogen (secondary N) is 1. The van der Waals surface area contributed by atoms with Crippen molar-refractivity contribution < 1.29 is 4.74 Å². The largest absolute Gasteiger partial charge is 0.457 e. The molecule has 0 aliphatic carbocycles. The summed E-state index contributed by atoms with van der Waals surface area (Å²) in [6, 6.07) is 13.7. The van der Waals surface area contributed by atoms with Crippen LogP contribution < -0.4 is 4.74 Å². The van der Waals surface area contributed by atoms with Crippen molar-refractivity contribution in [2.45, 2.75) is 6.42 Å². The van der Waals surface area contributed by atoms with Gasteiger partial charge in [0.25, 0.3) is 0 Å². The van der Waals surface area contributed by atoms with Crippen molar-refractivity contribution >= 4 is 12.6 Å². The summed E-state index contributed by atoms with van der Waals surface area (Å²) >= 11 is 0. The monoisotopic (exact) mass is 236 g/mol. The maximum atomic E-state index is 7.67. The van der Waals surface area contributed by atoms with Crippen molar-refractivity contribution in [3.63, 3.8) is 0 Å². The van der Waals surface area contributed by atoms with Crippen LogP contribution in [0.25, 0.3) is 0 Å². The fraction of sp³-hybridized carbons (Fsp3) is 0.0667. The van der Waals surface area contributed by atoms with E-state index in [4.69, 9.17) is 10.1 Å². The van der Waals surface area contributed by atoms with Gasteiger partial charge in [-0.15, -0.1) is 0 Å². The molecule has 1 aliphatic rings. The molecule has 3 rings (SSSR count). The predicted molar refractivity (Wildman–Crippen MR) is 72.1 cm³/mol. The van der Waals surface area contributed by atoms with Crippen LogP contribution in [0.4, 0.5) is 0 Å². The van der Waals surface area contributed by atoms with E-state index in [-0.39, 0.29) is 5.84 Å². The quantitative estimate of drug-likeness (QED) is 0.510. The zero-order chi connectivity index (χ0) is 12.5. The van der Waals surface area contributed by atoms with Gasteiger partial charge >= 0.3 is 0 Å². The summed E-state index contributed by atoms with van der Waals surface area (Å²) in [5.74, 6) is 1.96. The van der Waals surface area contributed by atoms with Gasteiger partial charge in [0, 0.05) is 17.5 Å². The standard InChI is InChI=1S/C15H12N2O/c1-17-15(16)11-6-7-14-12(9-11)8-10-4-2-3-5-13(10)18-14/h2-7,9,16H,1,8H2. The summed E-state index contributed by atoms with van der Waals surface area (Å²) in [4.78, 5) is 3.64. The molecule has 2 aromatic carbocycles. The van der Waals surface area contributed by atoms with E-state index in [1.54, 1.807) is 0 Å². The van der Waals surface area contributed by atoms with Crippen LogP contribution >= 0.6 is 0 Å². The summed E-state index contributed by atoms with van der Waals surface area (Å²) in [5.41, 5.74) is 3.02. The molecule has 0 unspecified atom stereocenters. The molecule has 0 atom stereocenters. The number of para-hydroxylation sites is 1. The summed E-state index contributed by atoms with van der Waals surface area (Å²) in [6.07, 6.45) is 0.823. The molecular formula is C15H12N2O. The predicted octanol–water partition coefficient (Wildman–Crippen LogP) is 3.41. The normalized spacial score (nSPS) is 12.0. The number of benzene rings is 2. The fourth-order valence-corrected chi connectivity index (χ4v) is 2.13.